The molecular weight excluding hydrogens is 467 g/mol. The van der Waals surface area contributed by atoms with Crippen molar-refractivity contribution >= 4 is 17.6 Å². The number of carbonyl (C=O) groups excluding carboxylic acids is 1. The molecule has 1 aromatic heterocycles. The van der Waals surface area contributed by atoms with Crippen molar-refractivity contribution in [2.45, 2.75) is 45.6 Å². The van der Waals surface area contributed by atoms with Crippen LogP contribution >= 0.6 is 0 Å². The van der Waals surface area contributed by atoms with Crippen LogP contribution in [-0.2, 0) is 11.3 Å². The number of amides is 1. The minimum absolute atomic E-state index is 0.00680. The molecule has 0 radical (unpaired) electrons. The molecule has 3 aromatic carbocycles. The summed E-state index contributed by atoms with van der Waals surface area (Å²) < 4.78 is 16.0. The molecule has 0 aliphatic heterocycles. The van der Waals surface area contributed by atoms with Gasteiger partial charge >= 0.3 is 5.97 Å². The molecule has 1 heterocycles. The number of aliphatic carboxylic acids is 1. The Morgan fingerprint density at radius 1 is 0.865 bits per heavy atom. The molecule has 0 fully saturated rings. The number of halogens is 1. The zero-order valence-corrected chi connectivity index (χ0v) is 21.1. The van der Waals surface area contributed by atoms with E-state index in [2.05, 4.69) is 9.88 Å². The fourth-order valence-electron chi connectivity index (χ4n) is 4.75. The van der Waals surface area contributed by atoms with E-state index in [9.17, 15) is 14.0 Å². The van der Waals surface area contributed by atoms with E-state index in [0.29, 0.717) is 30.6 Å². The SMILES string of the molecule is CC(C)c1c(C(=O)Nc2ccccc2)c(-c2ccccc2)c(-c2ccc(F)cc2)n1CCCCC(=O)O. The number of rotatable bonds is 10. The van der Waals surface area contributed by atoms with Gasteiger partial charge < -0.3 is 15.0 Å². The average Bonchev–Trinajstić information content (AvgIpc) is 3.23. The predicted molar refractivity (Wildman–Crippen MR) is 145 cm³/mol. The summed E-state index contributed by atoms with van der Waals surface area (Å²) in [5.41, 5.74) is 5.40. The lowest BCUT2D eigenvalue weighted by atomic mass is 9.94. The van der Waals surface area contributed by atoms with Crippen LogP contribution in [0.3, 0.4) is 0 Å². The molecule has 4 aromatic rings. The minimum atomic E-state index is -0.830. The smallest absolute Gasteiger partial charge is 0.303 e. The molecule has 5 nitrogen and oxygen atoms in total. The Labute approximate surface area is 216 Å². The van der Waals surface area contributed by atoms with Crippen molar-refractivity contribution < 1.29 is 19.1 Å². The van der Waals surface area contributed by atoms with Gasteiger partial charge in [0.15, 0.2) is 0 Å². The highest BCUT2D eigenvalue weighted by Crippen LogP contribution is 2.42. The Balaban J connectivity index is 1.96. The summed E-state index contributed by atoms with van der Waals surface area (Å²) in [7, 11) is 0. The summed E-state index contributed by atoms with van der Waals surface area (Å²) in [4.78, 5) is 25.1. The number of aromatic nitrogens is 1. The molecule has 0 bridgehead atoms. The molecule has 37 heavy (non-hydrogen) atoms. The molecule has 0 saturated heterocycles. The fourth-order valence-corrected chi connectivity index (χ4v) is 4.75. The number of unbranched alkanes of at least 4 members (excludes halogenated alkanes) is 1. The molecule has 4 rings (SSSR count). The van der Waals surface area contributed by atoms with Crippen LogP contribution in [0.25, 0.3) is 22.4 Å². The number of nitrogens with one attached hydrogen (secondary N) is 1. The average molecular weight is 499 g/mol. The first-order chi connectivity index (χ1) is 17.9. The first kappa shape index (κ1) is 25.9. The highest BCUT2D eigenvalue weighted by Gasteiger charge is 2.30. The van der Waals surface area contributed by atoms with E-state index in [1.54, 1.807) is 12.1 Å². The number of nitrogens with zero attached hydrogens (tertiary/aromatic N) is 1. The molecule has 190 valence electrons. The van der Waals surface area contributed by atoms with Gasteiger partial charge in [0.1, 0.15) is 5.82 Å². The maximum atomic E-state index is 13.9. The van der Waals surface area contributed by atoms with Crippen molar-refractivity contribution in [2.24, 2.45) is 0 Å². The number of carboxylic acids is 1. The monoisotopic (exact) mass is 498 g/mol. The maximum Gasteiger partial charge on any atom is 0.303 e. The molecule has 0 unspecified atom stereocenters. The third kappa shape index (κ3) is 5.97. The number of carbonyl (C=O) groups is 2. The van der Waals surface area contributed by atoms with Crippen molar-refractivity contribution in [1.82, 2.24) is 4.57 Å². The maximum absolute atomic E-state index is 13.9. The second-order valence-electron chi connectivity index (χ2n) is 9.33. The van der Waals surface area contributed by atoms with Gasteiger partial charge in [-0.05, 0) is 66.3 Å². The minimum Gasteiger partial charge on any atom is -0.481 e. The lowest BCUT2D eigenvalue weighted by Crippen LogP contribution is -2.16. The number of para-hydroxylation sites is 1. The van der Waals surface area contributed by atoms with Crippen LogP contribution in [0.2, 0.25) is 0 Å². The van der Waals surface area contributed by atoms with E-state index < -0.39 is 5.97 Å². The van der Waals surface area contributed by atoms with Crippen molar-refractivity contribution in [2.75, 3.05) is 5.32 Å². The summed E-state index contributed by atoms with van der Waals surface area (Å²) in [5, 5.41) is 12.2. The summed E-state index contributed by atoms with van der Waals surface area (Å²) in [6.45, 7) is 4.63. The molecule has 0 aliphatic rings. The van der Waals surface area contributed by atoms with Gasteiger partial charge in [-0.2, -0.15) is 0 Å². The zero-order valence-electron chi connectivity index (χ0n) is 21.1. The highest BCUT2D eigenvalue weighted by atomic mass is 19.1. The Morgan fingerprint density at radius 3 is 2.08 bits per heavy atom. The standard InChI is InChI=1S/C31H31FN2O3/c1-21(2)29-28(31(37)33-25-13-7-4-8-14-25)27(22-11-5-3-6-12-22)30(23-16-18-24(32)19-17-23)34(29)20-10-9-15-26(35)36/h3-8,11-14,16-19,21H,9-10,15,20H2,1-2H3,(H,33,37)(H,35,36). The first-order valence-corrected chi connectivity index (χ1v) is 12.5. The largest absolute Gasteiger partial charge is 0.481 e. The van der Waals surface area contributed by atoms with E-state index >= 15 is 0 Å². The summed E-state index contributed by atoms with van der Waals surface area (Å²) in [6.07, 6.45) is 1.22. The molecule has 2 N–H and O–H groups in total. The van der Waals surface area contributed by atoms with Crippen molar-refractivity contribution in [1.29, 1.82) is 0 Å². The zero-order chi connectivity index (χ0) is 26.4. The summed E-state index contributed by atoms with van der Waals surface area (Å²) >= 11 is 0. The number of carboxylic acid groups (broad SMARTS) is 1. The van der Waals surface area contributed by atoms with Gasteiger partial charge in [0, 0.05) is 29.9 Å². The van der Waals surface area contributed by atoms with Crippen LogP contribution in [-0.4, -0.2) is 21.6 Å². The number of anilines is 1. The first-order valence-electron chi connectivity index (χ1n) is 12.5. The van der Waals surface area contributed by atoms with Gasteiger partial charge in [0.2, 0.25) is 0 Å². The van der Waals surface area contributed by atoms with Gasteiger partial charge in [-0.3, -0.25) is 9.59 Å². The lowest BCUT2D eigenvalue weighted by molar-refractivity contribution is -0.137. The van der Waals surface area contributed by atoms with Gasteiger partial charge in [0.05, 0.1) is 11.3 Å². The quantitative estimate of drug-likeness (QED) is 0.221. The molecule has 0 aliphatic carbocycles. The van der Waals surface area contributed by atoms with Crippen molar-refractivity contribution in [3.05, 3.63) is 102 Å². The molecule has 0 saturated carbocycles. The van der Waals surface area contributed by atoms with E-state index in [1.807, 2.05) is 74.5 Å². The van der Waals surface area contributed by atoms with Crippen LogP contribution in [0, 0.1) is 5.82 Å². The fraction of sp³-hybridized carbons (Fsp3) is 0.226. The van der Waals surface area contributed by atoms with E-state index in [-0.39, 0.29) is 24.1 Å². The molecule has 6 heteroatoms. The van der Waals surface area contributed by atoms with E-state index in [1.165, 1.54) is 12.1 Å². The van der Waals surface area contributed by atoms with E-state index in [0.717, 1.165) is 28.1 Å². The van der Waals surface area contributed by atoms with Crippen LogP contribution in [0.4, 0.5) is 10.1 Å². The van der Waals surface area contributed by atoms with Crippen molar-refractivity contribution in [3.63, 3.8) is 0 Å². The summed E-state index contributed by atoms with van der Waals surface area (Å²) in [6, 6.07) is 25.4. The summed E-state index contributed by atoms with van der Waals surface area (Å²) in [5.74, 6) is -1.40. The van der Waals surface area contributed by atoms with Crippen LogP contribution < -0.4 is 5.32 Å². The third-order valence-corrected chi connectivity index (χ3v) is 6.31. The van der Waals surface area contributed by atoms with Gasteiger partial charge in [-0.15, -0.1) is 0 Å². The Bertz CT molecular complexity index is 1360. The second kappa shape index (κ2) is 11.7. The number of hydrogen-bond donors (Lipinski definition) is 2. The lowest BCUT2D eigenvalue weighted by Gasteiger charge is -2.17. The normalized spacial score (nSPS) is 11.0. The highest BCUT2D eigenvalue weighted by molar-refractivity contribution is 6.12. The number of benzene rings is 3. The molecular formula is C31H31FN2O3. The molecule has 0 atom stereocenters. The van der Waals surface area contributed by atoms with Gasteiger partial charge in [0.25, 0.3) is 5.91 Å². The van der Waals surface area contributed by atoms with Crippen LogP contribution in [0.5, 0.6) is 0 Å². The van der Waals surface area contributed by atoms with Crippen LogP contribution in [0.1, 0.15) is 55.1 Å². The number of hydrogen-bond acceptors (Lipinski definition) is 2. The van der Waals surface area contributed by atoms with Crippen molar-refractivity contribution in [3.8, 4) is 22.4 Å². The third-order valence-electron chi connectivity index (χ3n) is 6.31. The molecule has 0 spiro atoms. The Kier molecular flexibility index (Phi) is 8.18. The van der Waals surface area contributed by atoms with Crippen LogP contribution in [0.15, 0.2) is 84.9 Å². The second-order valence-corrected chi connectivity index (χ2v) is 9.33. The predicted octanol–water partition coefficient (Wildman–Crippen LogP) is 7.59. The van der Waals surface area contributed by atoms with Gasteiger partial charge in [-0.25, -0.2) is 4.39 Å². The van der Waals surface area contributed by atoms with Gasteiger partial charge in [-0.1, -0.05) is 62.4 Å². The van der Waals surface area contributed by atoms with E-state index in [4.69, 9.17) is 5.11 Å². The molecule has 1 amide bonds. The Morgan fingerprint density at radius 2 is 1.49 bits per heavy atom. The Hall–Kier alpha value is -4.19. The topological polar surface area (TPSA) is 71.3 Å².